The summed E-state index contributed by atoms with van der Waals surface area (Å²) in [4.78, 5) is 0. The number of aryl methyl sites for hydroxylation is 1. The Balaban J connectivity index is 2.50. The number of ether oxygens (including phenoxy) is 1. The van der Waals surface area contributed by atoms with Crippen molar-refractivity contribution in [2.75, 3.05) is 20.2 Å². The lowest BCUT2D eigenvalue weighted by Gasteiger charge is -2.18. The van der Waals surface area contributed by atoms with E-state index in [2.05, 4.69) is 19.2 Å². The molecule has 20 heavy (non-hydrogen) atoms. The molecule has 0 aliphatic heterocycles. The maximum Gasteiger partial charge on any atom is 0.124 e. The molecule has 0 aliphatic carbocycles. The lowest BCUT2D eigenvalue weighted by atomic mass is 10.0. The van der Waals surface area contributed by atoms with E-state index in [1.54, 1.807) is 7.11 Å². The van der Waals surface area contributed by atoms with E-state index in [0.29, 0.717) is 24.8 Å². The van der Waals surface area contributed by atoms with Gasteiger partial charge >= 0.3 is 0 Å². The fourth-order valence-corrected chi connectivity index (χ4v) is 2.24. The second-order valence-electron chi connectivity index (χ2n) is 5.70. The minimum Gasteiger partial charge on any atom is -0.496 e. The standard InChI is InChI=1S/C16H27NO3/c1-11(2)7-13(18)9-17-10-15(19)14-8-12(3)5-6-16(14)20-4/h5-6,8,11,13,15,17-19H,7,9-10H2,1-4H3. The Morgan fingerprint density at radius 2 is 1.90 bits per heavy atom. The van der Waals surface area contributed by atoms with E-state index in [9.17, 15) is 10.2 Å². The molecule has 0 amide bonds. The molecule has 0 saturated heterocycles. The maximum absolute atomic E-state index is 10.2. The molecule has 0 aliphatic rings. The summed E-state index contributed by atoms with van der Waals surface area (Å²) < 4.78 is 5.26. The van der Waals surface area contributed by atoms with E-state index < -0.39 is 6.10 Å². The quantitative estimate of drug-likeness (QED) is 0.682. The summed E-state index contributed by atoms with van der Waals surface area (Å²) >= 11 is 0. The number of aliphatic hydroxyl groups is 2. The van der Waals surface area contributed by atoms with E-state index in [4.69, 9.17) is 4.74 Å². The average molecular weight is 281 g/mol. The van der Waals surface area contributed by atoms with Crippen molar-refractivity contribution in [3.05, 3.63) is 29.3 Å². The Labute approximate surface area is 121 Å². The third-order valence-electron chi connectivity index (χ3n) is 3.21. The van der Waals surface area contributed by atoms with Crippen LogP contribution >= 0.6 is 0 Å². The normalized spacial score (nSPS) is 14.3. The van der Waals surface area contributed by atoms with Gasteiger partial charge in [0.05, 0.1) is 19.3 Å². The Morgan fingerprint density at radius 1 is 1.20 bits per heavy atom. The molecule has 4 nitrogen and oxygen atoms in total. The first-order valence-corrected chi connectivity index (χ1v) is 7.15. The summed E-state index contributed by atoms with van der Waals surface area (Å²) in [6.45, 7) is 7.03. The minimum atomic E-state index is -0.643. The summed E-state index contributed by atoms with van der Waals surface area (Å²) in [7, 11) is 1.60. The zero-order valence-corrected chi connectivity index (χ0v) is 12.9. The Morgan fingerprint density at radius 3 is 2.50 bits per heavy atom. The topological polar surface area (TPSA) is 61.7 Å². The monoisotopic (exact) mass is 281 g/mol. The first-order chi connectivity index (χ1) is 9.43. The predicted molar refractivity (Wildman–Crippen MR) is 81.0 cm³/mol. The van der Waals surface area contributed by atoms with Gasteiger partial charge in [-0.3, -0.25) is 0 Å². The highest BCUT2D eigenvalue weighted by Gasteiger charge is 2.14. The molecule has 2 unspecified atom stereocenters. The summed E-state index contributed by atoms with van der Waals surface area (Å²) in [5, 5.41) is 23.1. The molecule has 0 saturated carbocycles. The second kappa shape index (κ2) is 8.25. The van der Waals surface area contributed by atoms with Gasteiger partial charge < -0.3 is 20.3 Å². The van der Waals surface area contributed by atoms with Crippen LogP contribution in [0.15, 0.2) is 18.2 Å². The first-order valence-electron chi connectivity index (χ1n) is 7.15. The van der Waals surface area contributed by atoms with Gasteiger partial charge in [-0.2, -0.15) is 0 Å². The molecule has 1 rings (SSSR count). The van der Waals surface area contributed by atoms with Crippen molar-refractivity contribution in [2.24, 2.45) is 5.92 Å². The fraction of sp³-hybridized carbons (Fsp3) is 0.625. The van der Waals surface area contributed by atoms with Crippen molar-refractivity contribution in [1.29, 1.82) is 0 Å². The summed E-state index contributed by atoms with van der Waals surface area (Å²) in [6, 6.07) is 5.74. The van der Waals surface area contributed by atoms with Crippen LogP contribution in [0.1, 0.15) is 37.5 Å². The smallest absolute Gasteiger partial charge is 0.124 e. The van der Waals surface area contributed by atoms with E-state index in [0.717, 1.165) is 17.5 Å². The molecule has 0 spiro atoms. The molecule has 0 heterocycles. The van der Waals surface area contributed by atoms with Crippen LogP contribution in [-0.2, 0) is 0 Å². The molecule has 1 aromatic carbocycles. The maximum atomic E-state index is 10.2. The third-order valence-corrected chi connectivity index (χ3v) is 3.21. The van der Waals surface area contributed by atoms with Gasteiger partial charge in [0.15, 0.2) is 0 Å². The number of benzene rings is 1. The van der Waals surface area contributed by atoms with Crippen LogP contribution in [0.2, 0.25) is 0 Å². The van der Waals surface area contributed by atoms with Crippen molar-refractivity contribution in [1.82, 2.24) is 5.32 Å². The number of hydrogen-bond donors (Lipinski definition) is 3. The van der Waals surface area contributed by atoms with Crippen molar-refractivity contribution in [2.45, 2.75) is 39.4 Å². The molecule has 1 aromatic rings. The van der Waals surface area contributed by atoms with E-state index in [1.165, 1.54) is 0 Å². The second-order valence-corrected chi connectivity index (χ2v) is 5.70. The molecule has 0 aromatic heterocycles. The van der Waals surface area contributed by atoms with Crippen molar-refractivity contribution >= 4 is 0 Å². The van der Waals surface area contributed by atoms with E-state index >= 15 is 0 Å². The number of aliphatic hydroxyl groups excluding tert-OH is 2. The number of rotatable bonds is 8. The Kier molecular flexibility index (Phi) is 6.99. The zero-order valence-electron chi connectivity index (χ0n) is 12.9. The van der Waals surface area contributed by atoms with Crippen LogP contribution in [-0.4, -0.2) is 36.5 Å². The molecule has 0 bridgehead atoms. The van der Waals surface area contributed by atoms with Crippen LogP contribution < -0.4 is 10.1 Å². The van der Waals surface area contributed by atoms with Gasteiger partial charge in [0.2, 0.25) is 0 Å². The van der Waals surface area contributed by atoms with Crippen LogP contribution in [0.3, 0.4) is 0 Å². The average Bonchev–Trinajstić information content (AvgIpc) is 2.37. The van der Waals surface area contributed by atoms with Crippen LogP contribution in [0.5, 0.6) is 5.75 Å². The van der Waals surface area contributed by atoms with Crippen LogP contribution in [0.4, 0.5) is 0 Å². The van der Waals surface area contributed by atoms with Gasteiger partial charge in [-0.1, -0.05) is 25.5 Å². The highest BCUT2D eigenvalue weighted by Crippen LogP contribution is 2.25. The van der Waals surface area contributed by atoms with Crippen molar-refractivity contribution in [3.8, 4) is 5.75 Å². The number of hydrogen-bond acceptors (Lipinski definition) is 4. The lowest BCUT2D eigenvalue weighted by Crippen LogP contribution is -2.31. The van der Waals surface area contributed by atoms with Gasteiger partial charge in [-0.15, -0.1) is 0 Å². The first kappa shape index (κ1) is 17.0. The SMILES string of the molecule is COc1ccc(C)cc1C(O)CNCC(O)CC(C)C. The molecule has 3 N–H and O–H groups in total. The summed E-state index contributed by atoms with van der Waals surface area (Å²) in [6.07, 6.45) is -0.255. The molecular formula is C16H27NO3. The van der Waals surface area contributed by atoms with Crippen molar-refractivity contribution < 1.29 is 14.9 Å². The zero-order chi connectivity index (χ0) is 15.1. The Bertz CT molecular complexity index is 407. The number of methoxy groups -OCH3 is 1. The largest absolute Gasteiger partial charge is 0.496 e. The van der Waals surface area contributed by atoms with Crippen LogP contribution in [0, 0.1) is 12.8 Å². The minimum absolute atomic E-state index is 0.374. The highest BCUT2D eigenvalue weighted by atomic mass is 16.5. The molecule has 114 valence electrons. The van der Waals surface area contributed by atoms with Gasteiger partial charge in [0.1, 0.15) is 5.75 Å². The summed E-state index contributed by atoms with van der Waals surface area (Å²) in [5.41, 5.74) is 1.86. The van der Waals surface area contributed by atoms with Gasteiger partial charge in [0, 0.05) is 18.7 Å². The van der Waals surface area contributed by atoms with Crippen molar-refractivity contribution in [3.63, 3.8) is 0 Å². The summed E-state index contributed by atoms with van der Waals surface area (Å²) in [5.74, 6) is 1.15. The highest BCUT2D eigenvalue weighted by molar-refractivity contribution is 5.38. The molecule has 0 fully saturated rings. The Hall–Kier alpha value is -1.10. The third kappa shape index (κ3) is 5.49. The van der Waals surface area contributed by atoms with Gasteiger partial charge in [-0.25, -0.2) is 0 Å². The predicted octanol–water partition coefficient (Wildman–Crippen LogP) is 2.03. The van der Waals surface area contributed by atoms with E-state index in [1.807, 2.05) is 25.1 Å². The number of nitrogens with one attached hydrogen (secondary N) is 1. The molecule has 0 radical (unpaired) electrons. The van der Waals surface area contributed by atoms with Gasteiger partial charge in [-0.05, 0) is 31.4 Å². The lowest BCUT2D eigenvalue weighted by molar-refractivity contribution is 0.130. The molecule has 2 atom stereocenters. The molecular weight excluding hydrogens is 254 g/mol. The van der Waals surface area contributed by atoms with E-state index in [-0.39, 0.29) is 6.10 Å². The fourth-order valence-electron chi connectivity index (χ4n) is 2.24. The van der Waals surface area contributed by atoms with Crippen LogP contribution in [0.25, 0.3) is 0 Å². The molecule has 4 heteroatoms. The van der Waals surface area contributed by atoms with Gasteiger partial charge in [0.25, 0.3) is 0 Å².